The lowest BCUT2D eigenvalue weighted by atomic mass is 10.1. The quantitative estimate of drug-likeness (QED) is 0.357. The van der Waals surface area contributed by atoms with Gasteiger partial charge >= 0.3 is 23.2 Å². The molecule has 118 valence electrons. The summed E-state index contributed by atoms with van der Waals surface area (Å²) in [6, 6.07) is 4.97. The van der Waals surface area contributed by atoms with E-state index in [1.807, 2.05) is 0 Å². The molecule has 9 heteroatoms. The zero-order valence-electron chi connectivity index (χ0n) is 10.5. The summed E-state index contributed by atoms with van der Waals surface area (Å²) in [6.45, 7) is 1.79. The van der Waals surface area contributed by atoms with Crippen molar-refractivity contribution in [2.24, 2.45) is 0 Å². The number of esters is 1. The van der Waals surface area contributed by atoms with Crippen molar-refractivity contribution in [3.63, 3.8) is 0 Å². The molecule has 0 bridgehead atoms. The third-order valence-corrected chi connectivity index (χ3v) is 3.19. The third-order valence-electron chi connectivity index (χ3n) is 2.60. The summed E-state index contributed by atoms with van der Waals surface area (Å²) in [5, 5.41) is 0. The first-order valence-corrected chi connectivity index (χ1v) is 5.95. The molecule has 1 aromatic carbocycles. The number of carbonyl (C=O) groups is 1. The zero-order chi connectivity index (χ0) is 16.5. The Balaban J connectivity index is 3.08. The van der Waals surface area contributed by atoms with Gasteiger partial charge in [0.1, 0.15) is 5.75 Å². The Morgan fingerprint density at radius 3 is 1.81 bits per heavy atom. The van der Waals surface area contributed by atoms with Gasteiger partial charge in [-0.3, -0.25) is 0 Å². The molecule has 1 aromatic rings. The molecular weight excluding hydrogens is 326 g/mol. The number of ether oxygens (including phenoxy) is 1. The van der Waals surface area contributed by atoms with Gasteiger partial charge in [-0.1, -0.05) is 30.7 Å². The molecule has 0 atom stereocenters. The van der Waals surface area contributed by atoms with Gasteiger partial charge < -0.3 is 4.74 Å². The molecule has 0 radical (unpaired) electrons. The molecule has 0 aliphatic carbocycles. The minimum Gasteiger partial charge on any atom is -0.425 e. The molecule has 0 saturated carbocycles. The highest BCUT2D eigenvalue weighted by atomic mass is 35.5. The summed E-state index contributed by atoms with van der Waals surface area (Å²) in [7, 11) is 0. The molecule has 0 aliphatic rings. The predicted molar refractivity (Wildman–Crippen MR) is 62.1 cm³/mol. The highest BCUT2D eigenvalue weighted by Crippen LogP contribution is 2.48. The van der Waals surface area contributed by atoms with Gasteiger partial charge in [0.2, 0.25) is 0 Å². The topological polar surface area (TPSA) is 26.3 Å². The van der Waals surface area contributed by atoms with Gasteiger partial charge in [0, 0.05) is 0 Å². The molecule has 0 unspecified atom stereocenters. The van der Waals surface area contributed by atoms with E-state index in [1.54, 1.807) is 6.92 Å². The summed E-state index contributed by atoms with van der Waals surface area (Å²) >= 11 is 4.53. The fourth-order valence-electron chi connectivity index (χ4n) is 1.36. The Morgan fingerprint density at radius 1 is 1.05 bits per heavy atom. The summed E-state index contributed by atoms with van der Waals surface area (Å²) in [5.41, 5.74) is 0.763. The Kier molecular flexibility index (Phi) is 4.82. The normalized spacial score (nSPS) is 13.1. The SMILES string of the molecule is CCc1ccc(OC(=O)C(Cl)(C(F)(F)F)C(F)(F)F)cc1. The van der Waals surface area contributed by atoms with Crippen LogP contribution in [-0.2, 0) is 11.2 Å². The van der Waals surface area contributed by atoms with Crippen LogP contribution in [0.5, 0.6) is 5.75 Å². The maximum Gasteiger partial charge on any atom is 0.427 e. The molecule has 2 nitrogen and oxygen atoms in total. The molecule has 0 fully saturated rings. The molecule has 0 amide bonds. The summed E-state index contributed by atoms with van der Waals surface area (Å²) in [5.74, 6) is -3.11. The van der Waals surface area contributed by atoms with Crippen molar-refractivity contribution in [1.29, 1.82) is 0 Å². The van der Waals surface area contributed by atoms with Crippen molar-refractivity contribution in [3.05, 3.63) is 29.8 Å². The van der Waals surface area contributed by atoms with E-state index >= 15 is 0 Å². The van der Waals surface area contributed by atoms with Crippen molar-refractivity contribution in [2.45, 2.75) is 30.6 Å². The lowest BCUT2D eigenvalue weighted by Gasteiger charge is -2.29. The smallest absolute Gasteiger partial charge is 0.425 e. The van der Waals surface area contributed by atoms with Crippen molar-refractivity contribution >= 4 is 17.6 Å². The highest BCUT2D eigenvalue weighted by molar-refractivity contribution is 6.35. The number of aryl methyl sites for hydroxylation is 1. The maximum atomic E-state index is 12.5. The van der Waals surface area contributed by atoms with Crippen molar-refractivity contribution in [3.8, 4) is 5.75 Å². The Labute approximate surface area is 120 Å². The van der Waals surface area contributed by atoms with Crippen LogP contribution in [0.25, 0.3) is 0 Å². The number of rotatable bonds is 3. The first-order valence-electron chi connectivity index (χ1n) is 5.57. The van der Waals surface area contributed by atoms with Crippen molar-refractivity contribution in [1.82, 2.24) is 0 Å². The number of alkyl halides is 7. The second kappa shape index (κ2) is 5.75. The van der Waals surface area contributed by atoms with E-state index in [0.717, 1.165) is 17.7 Å². The van der Waals surface area contributed by atoms with Gasteiger partial charge in [0.05, 0.1) is 0 Å². The molecule has 0 spiro atoms. The van der Waals surface area contributed by atoms with Crippen LogP contribution in [0.3, 0.4) is 0 Å². The standard InChI is InChI=1S/C12H9ClF6O2/c1-2-7-3-5-8(6-4-7)21-9(20)10(13,11(14,15)16)12(17,18)19/h3-6H,2H2,1H3. The molecule has 21 heavy (non-hydrogen) atoms. The first kappa shape index (κ1) is 17.6. The van der Waals surface area contributed by atoms with Gasteiger partial charge in [-0.05, 0) is 24.1 Å². The average molecular weight is 335 g/mol. The first-order chi connectivity index (χ1) is 9.43. The van der Waals surface area contributed by atoms with Crippen LogP contribution in [0, 0.1) is 0 Å². The van der Waals surface area contributed by atoms with Crippen LogP contribution in [-0.4, -0.2) is 23.2 Å². The van der Waals surface area contributed by atoms with E-state index in [4.69, 9.17) is 0 Å². The second-order valence-corrected chi connectivity index (χ2v) is 4.61. The van der Waals surface area contributed by atoms with E-state index in [0.29, 0.717) is 6.42 Å². The van der Waals surface area contributed by atoms with Gasteiger partial charge in [0.15, 0.2) is 0 Å². The van der Waals surface area contributed by atoms with E-state index in [9.17, 15) is 31.1 Å². The van der Waals surface area contributed by atoms with Gasteiger partial charge in [-0.15, -0.1) is 0 Å². The van der Waals surface area contributed by atoms with Crippen LogP contribution in [0.4, 0.5) is 26.3 Å². The third kappa shape index (κ3) is 3.42. The molecule has 0 saturated heterocycles. The van der Waals surface area contributed by atoms with Crippen LogP contribution in [0.2, 0.25) is 0 Å². The number of benzene rings is 1. The van der Waals surface area contributed by atoms with E-state index in [1.165, 1.54) is 12.1 Å². The molecule has 0 aromatic heterocycles. The summed E-state index contributed by atoms with van der Waals surface area (Å²) in [6.07, 6.45) is -11.5. The zero-order valence-corrected chi connectivity index (χ0v) is 11.2. The van der Waals surface area contributed by atoms with Crippen LogP contribution >= 0.6 is 11.6 Å². The summed E-state index contributed by atoms with van der Waals surface area (Å²) in [4.78, 5) is 6.18. The number of hydrogen-bond acceptors (Lipinski definition) is 2. The average Bonchev–Trinajstić information content (AvgIpc) is 2.35. The van der Waals surface area contributed by atoms with E-state index < -0.39 is 28.9 Å². The van der Waals surface area contributed by atoms with Crippen molar-refractivity contribution in [2.75, 3.05) is 0 Å². The monoisotopic (exact) mass is 334 g/mol. The fourth-order valence-corrected chi connectivity index (χ4v) is 1.40. The van der Waals surface area contributed by atoms with Crippen LogP contribution in [0.15, 0.2) is 24.3 Å². The lowest BCUT2D eigenvalue weighted by Crippen LogP contribution is -2.59. The van der Waals surface area contributed by atoms with Gasteiger partial charge in [-0.25, -0.2) is 4.79 Å². The Morgan fingerprint density at radius 2 is 1.48 bits per heavy atom. The molecule has 1 rings (SSSR count). The number of halogens is 7. The van der Waals surface area contributed by atoms with E-state index in [2.05, 4.69) is 16.3 Å². The van der Waals surface area contributed by atoms with Crippen LogP contribution < -0.4 is 4.74 Å². The van der Waals surface area contributed by atoms with E-state index in [-0.39, 0.29) is 0 Å². The molecule has 0 heterocycles. The highest BCUT2D eigenvalue weighted by Gasteiger charge is 2.76. The largest absolute Gasteiger partial charge is 0.427 e. The molecular formula is C12H9ClF6O2. The van der Waals surface area contributed by atoms with Crippen molar-refractivity contribution < 1.29 is 35.9 Å². The van der Waals surface area contributed by atoms with Crippen LogP contribution in [0.1, 0.15) is 12.5 Å². The summed E-state index contributed by atoms with van der Waals surface area (Å²) < 4.78 is 79.2. The molecule has 0 N–H and O–H groups in total. The second-order valence-electron chi connectivity index (χ2n) is 4.04. The fraction of sp³-hybridized carbons (Fsp3) is 0.417. The lowest BCUT2D eigenvalue weighted by molar-refractivity contribution is -0.265. The predicted octanol–water partition coefficient (Wildman–Crippen LogP) is 4.26. The number of hydrogen-bond donors (Lipinski definition) is 0. The molecule has 0 aliphatic heterocycles. The van der Waals surface area contributed by atoms with Gasteiger partial charge in [0.25, 0.3) is 0 Å². The van der Waals surface area contributed by atoms with Gasteiger partial charge in [-0.2, -0.15) is 26.3 Å². The Bertz CT molecular complexity index is 492. The minimum absolute atomic E-state index is 0.462. The number of carbonyl (C=O) groups excluding carboxylic acids is 1. The maximum absolute atomic E-state index is 12.5. The minimum atomic E-state index is -6.05. The Hall–Kier alpha value is -1.44.